The standard InChI is InChI=1S/C24H34N2O2/c1-6-11-15-26-19(9-4)16-21(27)22(20(26)10-5)24(28)25-23-17(7-2)13-12-14-18(23)8-3/h12-14,16H,6-11,15H2,1-5H3,(H,25,28). The Balaban J connectivity index is 2.56. The number of aromatic nitrogens is 1. The highest BCUT2D eigenvalue weighted by molar-refractivity contribution is 6.05. The van der Waals surface area contributed by atoms with Gasteiger partial charge in [0.05, 0.1) is 0 Å². The number of carbonyl (C=O) groups excluding carboxylic acids is 1. The molecule has 0 saturated heterocycles. The van der Waals surface area contributed by atoms with Gasteiger partial charge in [-0.3, -0.25) is 9.59 Å². The van der Waals surface area contributed by atoms with Crippen LogP contribution in [0.15, 0.2) is 29.1 Å². The summed E-state index contributed by atoms with van der Waals surface area (Å²) in [5, 5.41) is 3.08. The minimum atomic E-state index is -0.287. The average molecular weight is 383 g/mol. The monoisotopic (exact) mass is 382 g/mol. The van der Waals surface area contributed by atoms with Crippen molar-refractivity contribution < 1.29 is 4.79 Å². The van der Waals surface area contributed by atoms with E-state index in [4.69, 9.17) is 0 Å². The number of benzene rings is 1. The second-order valence-corrected chi connectivity index (χ2v) is 7.15. The number of para-hydroxylation sites is 1. The molecule has 0 unspecified atom stereocenters. The van der Waals surface area contributed by atoms with Crippen molar-refractivity contribution in [3.05, 3.63) is 62.6 Å². The van der Waals surface area contributed by atoms with E-state index in [1.165, 1.54) is 0 Å². The summed E-state index contributed by atoms with van der Waals surface area (Å²) in [5.74, 6) is -0.287. The Bertz CT molecular complexity index is 859. The molecular formula is C24H34N2O2. The van der Waals surface area contributed by atoms with E-state index in [9.17, 15) is 9.59 Å². The van der Waals surface area contributed by atoms with Crippen LogP contribution >= 0.6 is 0 Å². The Morgan fingerprint density at radius 3 is 2.11 bits per heavy atom. The number of unbranched alkanes of at least 4 members (excludes halogenated alkanes) is 1. The number of nitrogens with zero attached hydrogens (tertiary/aromatic N) is 1. The van der Waals surface area contributed by atoms with Crippen LogP contribution in [-0.2, 0) is 32.2 Å². The van der Waals surface area contributed by atoms with Gasteiger partial charge in [0.2, 0.25) is 0 Å². The fourth-order valence-electron chi connectivity index (χ4n) is 3.83. The lowest BCUT2D eigenvalue weighted by Gasteiger charge is -2.21. The maximum absolute atomic E-state index is 13.3. The number of hydrogen-bond donors (Lipinski definition) is 1. The topological polar surface area (TPSA) is 51.1 Å². The van der Waals surface area contributed by atoms with Crippen LogP contribution in [0.1, 0.15) is 80.3 Å². The third-order valence-corrected chi connectivity index (χ3v) is 5.40. The van der Waals surface area contributed by atoms with E-state index in [1.807, 2.05) is 25.1 Å². The van der Waals surface area contributed by atoms with Crippen LogP contribution in [0.4, 0.5) is 5.69 Å². The van der Waals surface area contributed by atoms with Gasteiger partial charge >= 0.3 is 0 Å². The number of amides is 1. The molecule has 152 valence electrons. The molecular weight excluding hydrogens is 348 g/mol. The second kappa shape index (κ2) is 10.3. The number of carbonyl (C=O) groups is 1. The van der Waals surface area contributed by atoms with Gasteiger partial charge in [0, 0.05) is 29.7 Å². The summed E-state index contributed by atoms with van der Waals surface area (Å²) < 4.78 is 2.19. The van der Waals surface area contributed by atoms with Crippen LogP contribution in [0.2, 0.25) is 0 Å². The molecule has 0 atom stereocenters. The van der Waals surface area contributed by atoms with Gasteiger partial charge in [-0.05, 0) is 43.2 Å². The van der Waals surface area contributed by atoms with Crippen molar-refractivity contribution in [2.45, 2.75) is 79.7 Å². The normalized spacial score (nSPS) is 10.9. The molecule has 28 heavy (non-hydrogen) atoms. The highest BCUT2D eigenvalue weighted by atomic mass is 16.2. The number of aryl methyl sites for hydroxylation is 3. The zero-order valence-electron chi connectivity index (χ0n) is 18.0. The van der Waals surface area contributed by atoms with E-state index in [0.717, 1.165) is 66.9 Å². The van der Waals surface area contributed by atoms with Gasteiger partial charge in [0.15, 0.2) is 5.43 Å². The Labute approximate surface area is 169 Å². The van der Waals surface area contributed by atoms with Crippen LogP contribution in [0.5, 0.6) is 0 Å². The predicted molar refractivity (Wildman–Crippen MR) is 118 cm³/mol. The first-order valence-electron chi connectivity index (χ1n) is 10.7. The van der Waals surface area contributed by atoms with E-state index < -0.39 is 0 Å². The van der Waals surface area contributed by atoms with E-state index in [1.54, 1.807) is 6.07 Å². The smallest absolute Gasteiger partial charge is 0.261 e. The third kappa shape index (κ3) is 4.54. The fraction of sp³-hybridized carbons (Fsp3) is 0.500. The molecule has 0 spiro atoms. The molecule has 4 nitrogen and oxygen atoms in total. The van der Waals surface area contributed by atoms with E-state index >= 15 is 0 Å². The molecule has 1 heterocycles. The van der Waals surface area contributed by atoms with Crippen LogP contribution in [0.25, 0.3) is 0 Å². The maximum Gasteiger partial charge on any atom is 0.261 e. The minimum Gasteiger partial charge on any atom is -0.348 e. The molecule has 0 radical (unpaired) electrons. The molecule has 0 bridgehead atoms. The molecule has 0 aliphatic rings. The van der Waals surface area contributed by atoms with Gasteiger partial charge in [0.25, 0.3) is 5.91 Å². The number of pyridine rings is 1. The molecule has 2 rings (SSSR count). The SMILES string of the molecule is CCCCn1c(CC)cc(=O)c(C(=O)Nc2c(CC)cccc2CC)c1CC. The fourth-order valence-corrected chi connectivity index (χ4v) is 3.83. The predicted octanol–water partition coefficient (Wildman–Crippen LogP) is 5.15. The molecule has 0 fully saturated rings. The van der Waals surface area contributed by atoms with Crippen molar-refractivity contribution in [1.29, 1.82) is 0 Å². The summed E-state index contributed by atoms with van der Waals surface area (Å²) in [4.78, 5) is 26.1. The first-order chi connectivity index (χ1) is 13.5. The summed E-state index contributed by atoms with van der Waals surface area (Å²) >= 11 is 0. The molecule has 0 aliphatic carbocycles. The summed E-state index contributed by atoms with van der Waals surface area (Å²) in [7, 11) is 0. The van der Waals surface area contributed by atoms with Gasteiger partial charge in [-0.1, -0.05) is 59.2 Å². The summed E-state index contributed by atoms with van der Waals surface area (Å²) in [6.07, 6.45) is 5.21. The summed E-state index contributed by atoms with van der Waals surface area (Å²) in [6.45, 7) is 11.2. The largest absolute Gasteiger partial charge is 0.348 e. The van der Waals surface area contributed by atoms with Crippen molar-refractivity contribution in [1.82, 2.24) is 4.57 Å². The lowest BCUT2D eigenvalue weighted by molar-refractivity contribution is 0.102. The average Bonchev–Trinajstić information content (AvgIpc) is 2.71. The van der Waals surface area contributed by atoms with Crippen molar-refractivity contribution in [3.8, 4) is 0 Å². The molecule has 1 aromatic heterocycles. The lowest BCUT2D eigenvalue weighted by atomic mass is 10.0. The molecule has 1 N–H and O–H groups in total. The molecule has 0 aliphatic heterocycles. The molecule has 0 saturated carbocycles. The van der Waals surface area contributed by atoms with E-state index in [0.29, 0.717) is 12.0 Å². The molecule has 1 aromatic carbocycles. The van der Waals surface area contributed by atoms with Gasteiger partial charge < -0.3 is 9.88 Å². The second-order valence-electron chi connectivity index (χ2n) is 7.15. The Hall–Kier alpha value is -2.36. The summed E-state index contributed by atoms with van der Waals surface area (Å²) in [5.41, 5.74) is 5.04. The Morgan fingerprint density at radius 1 is 0.964 bits per heavy atom. The van der Waals surface area contributed by atoms with E-state index in [-0.39, 0.29) is 11.3 Å². The molecule has 1 amide bonds. The number of anilines is 1. The van der Waals surface area contributed by atoms with Gasteiger partial charge in [-0.15, -0.1) is 0 Å². The zero-order valence-corrected chi connectivity index (χ0v) is 18.0. The first kappa shape index (κ1) is 21.9. The highest BCUT2D eigenvalue weighted by Crippen LogP contribution is 2.24. The van der Waals surface area contributed by atoms with Crippen molar-refractivity contribution in [2.24, 2.45) is 0 Å². The molecule has 4 heteroatoms. The van der Waals surface area contributed by atoms with Gasteiger partial charge in [-0.2, -0.15) is 0 Å². The van der Waals surface area contributed by atoms with Crippen molar-refractivity contribution in [3.63, 3.8) is 0 Å². The zero-order chi connectivity index (χ0) is 20.7. The van der Waals surface area contributed by atoms with Gasteiger partial charge in [0.1, 0.15) is 5.56 Å². The number of nitrogens with one attached hydrogen (secondary N) is 1. The Morgan fingerprint density at radius 2 is 1.61 bits per heavy atom. The van der Waals surface area contributed by atoms with Crippen LogP contribution in [0, 0.1) is 0 Å². The van der Waals surface area contributed by atoms with Crippen molar-refractivity contribution in [2.75, 3.05) is 5.32 Å². The van der Waals surface area contributed by atoms with Crippen LogP contribution < -0.4 is 10.7 Å². The quantitative estimate of drug-likeness (QED) is 0.652. The number of rotatable bonds is 9. The highest BCUT2D eigenvalue weighted by Gasteiger charge is 2.21. The van der Waals surface area contributed by atoms with Crippen molar-refractivity contribution >= 4 is 11.6 Å². The minimum absolute atomic E-state index is 0.175. The molecule has 2 aromatic rings. The number of hydrogen-bond acceptors (Lipinski definition) is 2. The van der Waals surface area contributed by atoms with Gasteiger partial charge in [-0.25, -0.2) is 0 Å². The Kier molecular flexibility index (Phi) is 8.04. The maximum atomic E-state index is 13.3. The lowest BCUT2D eigenvalue weighted by Crippen LogP contribution is -2.29. The van der Waals surface area contributed by atoms with Crippen LogP contribution in [-0.4, -0.2) is 10.5 Å². The van der Waals surface area contributed by atoms with E-state index in [2.05, 4.69) is 37.6 Å². The summed E-state index contributed by atoms with van der Waals surface area (Å²) in [6, 6.07) is 7.75. The van der Waals surface area contributed by atoms with Crippen LogP contribution in [0.3, 0.4) is 0 Å². The first-order valence-corrected chi connectivity index (χ1v) is 10.7. The third-order valence-electron chi connectivity index (χ3n) is 5.40.